The van der Waals surface area contributed by atoms with Gasteiger partial charge < -0.3 is 9.13 Å². The third-order valence-electron chi connectivity index (χ3n) is 8.47. The lowest BCUT2D eigenvalue weighted by Gasteiger charge is -2.11. The third kappa shape index (κ3) is 2.88. The predicted octanol–water partition coefficient (Wildman–Crippen LogP) is 10.2. The molecule has 0 N–H and O–H groups in total. The summed E-state index contributed by atoms with van der Waals surface area (Å²) in [5.74, 6) is 0. The van der Waals surface area contributed by atoms with Crippen molar-refractivity contribution in [2.24, 2.45) is 0 Å². The van der Waals surface area contributed by atoms with E-state index in [1.165, 1.54) is 76.5 Å². The van der Waals surface area contributed by atoms with Crippen molar-refractivity contribution in [2.75, 3.05) is 0 Å². The molecule has 2 aromatic heterocycles. The summed E-state index contributed by atoms with van der Waals surface area (Å²) in [5, 5.41) is 10.3. The second-order valence-corrected chi connectivity index (χ2v) is 10.6. The van der Waals surface area contributed by atoms with E-state index in [1.807, 2.05) is 0 Å². The van der Waals surface area contributed by atoms with Gasteiger partial charge >= 0.3 is 0 Å². The molecule has 0 spiro atoms. The van der Waals surface area contributed by atoms with Crippen molar-refractivity contribution in [3.05, 3.63) is 146 Å². The van der Waals surface area contributed by atoms with Crippen LogP contribution in [0.2, 0.25) is 0 Å². The molecule has 0 unspecified atom stereocenters. The topological polar surface area (TPSA) is 9.86 Å². The first-order valence-corrected chi connectivity index (χ1v) is 13.8. The minimum atomic E-state index is 1.18. The molecule has 0 saturated heterocycles. The lowest BCUT2D eigenvalue weighted by molar-refractivity contribution is 1.17. The molecule has 9 aromatic rings. The van der Waals surface area contributed by atoms with Crippen LogP contribution in [0.25, 0.3) is 76.5 Å². The van der Waals surface area contributed by atoms with Gasteiger partial charge in [-0.2, -0.15) is 0 Å². The Kier molecular flexibility index (Phi) is 4.36. The minimum absolute atomic E-state index is 1.18. The van der Waals surface area contributed by atoms with Crippen molar-refractivity contribution in [1.82, 2.24) is 9.13 Å². The minimum Gasteiger partial charge on any atom is -0.309 e. The molecule has 2 heteroatoms. The second-order valence-electron chi connectivity index (χ2n) is 10.6. The Hall–Kier alpha value is -5.34. The van der Waals surface area contributed by atoms with E-state index in [0.717, 1.165) is 0 Å². The van der Waals surface area contributed by atoms with Crippen LogP contribution in [0.3, 0.4) is 0 Å². The van der Waals surface area contributed by atoms with Gasteiger partial charge in [-0.3, -0.25) is 0 Å². The molecular weight excluding hydrogens is 484 g/mol. The monoisotopic (exact) mass is 508 g/mol. The molecule has 186 valence electrons. The molecule has 2 nitrogen and oxygen atoms in total. The molecule has 0 aliphatic rings. The van der Waals surface area contributed by atoms with E-state index >= 15 is 0 Å². The average Bonchev–Trinajstić information content (AvgIpc) is 3.54. The maximum atomic E-state index is 2.44. The molecular formula is C38H24N2. The first kappa shape index (κ1) is 21.6. The lowest BCUT2D eigenvalue weighted by atomic mass is 10.0. The average molecular weight is 509 g/mol. The van der Waals surface area contributed by atoms with Gasteiger partial charge in [0.05, 0.1) is 22.1 Å². The molecule has 2 heterocycles. The van der Waals surface area contributed by atoms with Gasteiger partial charge in [-0.15, -0.1) is 0 Å². The Balaban J connectivity index is 1.42. The summed E-state index contributed by atoms with van der Waals surface area (Å²) in [6.07, 6.45) is 0. The number of hydrogen-bond acceptors (Lipinski definition) is 0. The number of benzene rings is 7. The number of rotatable bonds is 2. The van der Waals surface area contributed by atoms with Crippen LogP contribution in [0, 0.1) is 0 Å². The van der Waals surface area contributed by atoms with E-state index in [1.54, 1.807) is 0 Å². The van der Waals surface area contributed by atoms with Crippen LogP contribution in [0.4, 0.5) is 0 Å². The second kappa shape index (κ2) is 8.08. The number of hydrogen-bond donors (Lipinski definition) is 0. The fraction of sp³-hybridized carbons (Fsp3) is 0. The van der Waals surface area contributed by atoms with Gasteiger partial charge in [-0.1, -0.05) is 97.1 Å². The number of para-hydroxylation sites is 3. The summed E-state index contributed by atoms with van der Waals surface area (Å²) < 4.78 is 4.84. The molecule has 0 saturated carbocycles. The molecule has 0 amide bonds. The van der Waals surface area contributed by atoms with Gasteiger partial charge in [0.1, 0.15) is 0 Å². The van der Waals surface area contributed by atoms with E-state index in [0.29, 0.717) is 0 Å². The first-order chi connectivity index (χ1) is 19.9. The largest absolute Gasteiger partial charge is 0.309 e. The van der Waals surface area contributed by atoms with E-state index in [-0.39, 0.29) is 0 Å². The summed E-state index contributed by atoms with van der Waals surface area (Å²) in [4.78, 5) is 0. The van der Waals surface area contributed by atoms with Gasteiger partial charge in [0.15, 0.2) is 0 Å². The number of fused-ring (bicyclic) bond motifs is 10. The molecule has 0 aliphatic heterocycles. The van der Waals surface area contributed by atoms with Crippen LogP contribution in [0.1, 0.15) is 0 Å². The van der Waals surface area contributed by atoms with Crippen LogP contribution >= 0.6 is 0 Å². The van der Waals surface area contributed by atoms with E-state index in [2.05, 4.69) is 155 Å². The van der Waals surface area contributed by atoms with Crippen LogP contribution < -0.4 is 0 Å². The zero-order valence-electron chi connectivity index (χ0n) is 21.8. The Morgan fingerprint density at radius 1 is 0.300 bits per heavy atom. The molecule has 0 bridgehead atoms. The Morgan fingerprint density at radius 3 is 1.52 bits per heavy atom. The third-order valence-corrected chi connectivity index (χ3v) is 8.47. The quantitative estimate of drug-likeness (QED) is 0.206. The molecule has 40 heavy (non-hydrogen) atoms. The normalized spacial score (nSPS) is 12.0. The smallest absolute Gasteiger partial charge is 0.0548 e. The molecule has 7 aromatic carbocycles. The SMILES string of the molecule is c1ccc(-n2c3ccccc3c3c4c5ccccc5n(-c5ccc6c(ccc7ccccc76)c5)c4ccc32)cc1. The van der Waals surface area contributed by atoms with Crippen LogP contribution in [0.5, 0.6) is 0 Å². The van der Waals surface area contributed by atoms with Crippen molar-refractivity contribution in [3.8, 4) is 11.4 Å². The molecule has 0 aliphatic carbocycles. The predicted molar refractivity (Wildman–Crippen MR) is 170 cm³/mol. The molecule has 9 rings (SSSR count). The van der Waals surface area contributed by atoms with Crippen molar-refractivity contribution < 1.29 is 0 Å². The highest BCUT2D eigenvalue weighted by Gasteiger charge is 2.20. The van der Waals surface area contributed by atoms with Gasteiger partial charge in [-0.25, -0.2) is 0 Å². The zero-order chi connectivity index (χ0) is 26.2. The summed E-state index contributed by atoms with van der Waals surface area (Å²) >= 11 is 0. The van der Waals surface area contributed by atoms with Crippen molar-refractivity contribution in [2.45, 2.75) is 0 Å². The number of aromatic nitrogens is 2. The van der Waals surface area contributed by atoms with Crippen LogP contribution in [-0.2, 0) is 0 Å². The summed E-state index contributed by atoms with van der Waals surface area (Å²) in [6.45, 7) is 0. The van der Waals surface area contributed by atoms with E-state index < -0.39 is 0 Å². The van der Waals surface area contributed by atoms with E-state index in [9.17, 15) is 0 Å². The molecule has 0 atom stereocenters. The molecule has 0 radical (unpaired) electrons. The Labute approximate surface area is 230 Å². The highest BCUT2D eigenvalue weighted by Crippen LogP contribution is 2.42. The fourth-order valence-corrected chi connectivity index (χ4v) is 6.79. The van der Waals surface area contributed by atoms with E-state index in [4.69, 9.17) is 0 Å². The Bertz CT molecular complexity index is 2420. The zero-order valence-corrected chi connectivity index (χ0v) is 21.8. The van der Waals surface area contributed by atoms with Gasteiger partial charge in [0, 0.05) is 32.9 Å². The summed E-state index contributed by atoms with van der Waals surface area (Å²) in [5.41, 5.74) is 7.27. The van der Waals surface area contributed by atoms with Gasteiger partial charge in [-0.05, 0) is 70.1 Å². The maximum absolute atomic E-state index is 2.44. The van der Waals surface area contributed by atoms with Crippen LogP contribution in [0.15, 0.2) is 146 Å². The number of nitrogens with zero attached hydrogens (tertiary/aromatic N) is 2. The fourth-order valence-electron chi connectivity index (χ4n) is 6.79. The van der Waals surface area contributed by atoms with Gasteiger partial charge in [0.2, 0.25) is 0 Å². The van der Waals surface area contributed by atoms with Crippen molar-refractivity contribution >= 4 is 65.2 Å². The van der Waals surface area contributed by atoms with Crippen molar-refractivity contribution in [3.63, 3.8) is 0 Å². The summed E-state index contributed by atoms with van der Waals surface area (Å²) in [6, 6.07) is 53.0. The highest BCUT2D eigenvalue weighted by molar-refractivity contribution is 6.29. The Morgan fingerprint density at radius 2 is 0.825 bits per heavy atom. The van der Waals surface area contributed by atoms with Crippen molar-refractivity contribution in [1.29, 1.82) is 0 Å². The highest BCUT2D eigenvalue weighted by atomic mass is 15.0. The molecule has 0 fully saturated rings. The lowest BCUT2D eigenvalue weighted by Crippen LogP contribution is -1.95. The van der Waals surface area contributed by atoms with Crippen LogP contribution in [-0.4, -0.2) is 9.13 Å². The summed E-state index contributed by atoms with van der Waals surface area (Å²) in [7, 11) is 0. The van der Waals surface area contributed by atoms with Gasteiger partial charge in [0.25, 0.3) is 0 Å². The maximum Gasteiger partial charge on any atom is 0.0548 e. The first-order valence-electron chi connectivity index (χ1n) is 13.8. The standard InChI is InChI=1S/C38H24N2/c1-2-11-27(12-3-1)39-33-16-8-6-14-31(33)37-35(39)22-23-36-38(37)32-15-7-9-17-34(32)40(36)28-20-21-30-26(24-28)19-18-25-10-4-5-13-29(25)30/h1-24H.